The summed E-state index contributed by atoms with van der Waals surface area (Å²) in [7, 11) is 1.64. The highest BCUT2D eigenvalue weighted by atomic mass is 16.5. The van der Waals surface area contributed by atoms with E-state index >= 15 is 0 Å². The van der Waals surface area contributed by atoms with E-state index in [1.807, 2.05) is 54.6 Å². The molecule has 2 aromatic carbocycles. The highest BCUT2D eigenvalue weighted by Gasteiger charge is 2.11. The minimum atomic E-state index is -0.768. The van der Waals surface area contributed by atoms with Crippen molar-refractivity contribution in [2.24, 2.45) is 5.73 Å². The summed E-state index contributed by atoms with van der Waals surface area (Å²) >= 11 is 0. The monoisotopic (exact) mass is 357 g/mol. The van der Waals surface area contributed by atoms with Crippen molar-refractivity contribution < 1.29 is 19.3 Å². The molecule has 0 unspecified atom stereocenters. The maximum Gasteiger partial charge on any atom is 0.118 e. The largest absolute Gasteiger partial charge is 0.497 e. The third-order valence-corrected chi connectivity index (χ3v) is 3.84. The van der Waals surface area contributed by atoms with Crippen LogP contribution in [-0.4, -0.2) is 37.6 Å². The van der Waals surface area contributed by atoms with Gasteiger partial charge in [-0.15, -0.1) is 0 Å². The molecule has 140 valence electrons. The number of aliphatic hydroxyl groups is 1. The standard InChI is InChI=1S/C21H27NO4/c1-24-19-11-9-18(10-12-19)14-25-13-5-8-21(23)20(22)16-26-15-17-6-3-2-4-7-17/h2-12,20-21,23H,13-16,22H2,1H3/b8-5+/t20-,21-/m0/s1. The zero-order chi connectivity index (χ0) is 18.6. The first-order chi connectivity index (χ1) is 12.7. The second-order valence-electron chi connectivity index (χ2n) is 5.95. The Hall–Kier alpha value is -2.18. The van der Waals surface area contributed by atoms with Crippen molar-refractivity contribution in [3.05, 3.63) is 77.9 Å². The fourth-order valence-corrected chi connectivity index (χ4v) is 2.29. The van der Waals surface area contributed by atoms with Crippen molar-refractivity contribution >= 4 is 0 Å². The van der Waals surface area contributed by atoms with E-state index in [9.17, 15) is 5.11 Å². The first kappa shape index (κ1) is 20.1. The van der Waals surface area contributed by atoms with Gasteiger partial charge in [0, 0.05) is 0 Å². The summed E-state index contributed by atoms with van der Waals surface area (Å²) in [6.07, 6.45) is 2.64. The molecule has 0 heterocycles. The Morgan fingerprint density at radius 2 is 1.62 bits per heavy atom. The van der Waals surface area contributed by atoms with Crippen LogP contribution in [0.5, 0.6) is 5.75 Å². The molecule has 2 rings (SSSR count). The minimum Gasteiger partial charge on any atom is -0.497 e. The Morgan fingerprint density at radius 1 is 0.962 bits per heavy atom. The molecule has 0 aromatic heterocycles. The van der Waals surface area contributed by atoms with Gasteiger partial charge >= 0.3 is 0 Å². The molecule has 0 spiro atoms. The van der Waals surface area contributed by atoms with E-state index in [2.05, 4.69) is 0 Å². The SMILES string of the molecule is COc1ccc(COC/C=C/[C@H](O)[C@@H](N)COCc2ccccc2)cc1. The predicted octanol–water partition coefficient (Wildman–Crippen LogP) is 2.67. The summed E-state index contributed by atoms with van der Waals surface area (Å²) in [5, 5.41) is 10.0. The molecule has 5 heteroatoms. The molecule has 0 radical (unpaired) electrons. The fourth-order valence-electron chi connectivity index (χ4n) is 2.29. The van der Waals surface area contributed by atoms with Crippen molar-refractivity contribution in [2.45, 2.75) is 25.4 Å². The highest BCUT2D eigenvalue weighted by molar-refractivity contribution is 5.26. The molecule has 0 aliphatic heterocycles. The summed E-state index contributed by atoms with van der Waals surface area (Å²) in [4.78, 5) is 0. The van der Waals surface area contributed by atoms with Gasteiger partial charge in [-0.3, -0.25) is 0 Å². The molecular formula is C21H27NO4. The Labute approximate surface area is 155 Å². The lowest BCUT2D eigenvalue weighted by molar-refractivity contribution is 0.0709. The Balaban J connectivity index is 1.60. The lowest BCUT2D eigenvalue weighted by Gasteiger charge is -2.16. The van der Waals surface area contributed by atoms with E-state index in [0.717, 1.165) is 16.9 Å². The van der Waals surface area contributed by atoms with Crippen molar-refractivity contribution in [2.75, 3.05) is 20.3 Å². The smallest absolute Gasteiger partial charge is 0.118 e. The van der Waals surface area contributed by atoms with Gasteiger partial charge in [-0.05, 0) is 23.3 Å². The van der Waals surface area contributed by atoms with Crippen LogP contribution in [0.1, 0.15) is 11.1 Å². The molecule has 3 N–H and O–H groups in total. The molecule has 5 nitrogen and oxygen atoms in total. The van der Waals surface area contributed by atoms with Crippen LogP contribution >= 0.6 is 0 Å². The normalized spacial score (nSPS) is 13.7. The second kappa shape index (κ2) is 11.4. The number of benzene rings is 2. The quantitative estimate of drug-likeness (QED) is 0.478. The number of hydrogen-bond acceptors (Lipinski definition) is 5. The van der Waals surface area contributed by atoms with E-state index in [1.54, 1.807) is 19.3 Å². The molecule has 2 atom stereocenters. The van der Waals surface area contributed by atoms with Crippen molar-refractivity contribution in [1.29, 1.82) is 0 Å². The van der Waals surface area contributed by atoms with Crippen LogP contribution < -0.4 is 10.5 Å². The third-order valence-electron chi connectivity index (χ3n) is 3.84. The van der Waals surface area contributed by atoms with E-state index in [1.165, 1.54) is 0 Å². The molecule has 0 fully saturated rings. The van der Waals surface area contributed by atoms with Crippen LogP contribution in [-0.2, 0) is 22.7 Å². The van der Waals surface area contributed by atoms with Gasteiger partial charge in [-0.25, -0.2) is 0 Å². The number of hydrogen-bond donors (Lipinski definition) is 2. The zero-order valence-corrected chi connectivity index (χ0v) is 15.1. The molecule has 0 saturated heterocycles. The van der Waals surface area contributed by atoms with E-state index < -0.39 is 12.1 Å². The molecule has 0 amide bonds. The topological polar surface area (TPSA) is 73.9 Å². The lowest BCUT2D eigenvalue weighted by Crippen LogP contribution is -2.37. The van der Waals surface area contributed by atoms with Gasteiger partial charge in [0.05, 0.1) is 45.7 Å². The predicted molar refractivity (Wildman–Crippen MR) is 102 cm³/mol. The highest BCUT2D eigenvalue weighted by Crippen LogP contribution is 2.11. The van der Waals surface area contributed by atoms with Crippen molar-refractivity contribution in [3.63, 3.8) is 0 Å². The molecular weight excluding hydrogens is 330 g/mol. The van der Waals surface area contributed by atoms with Crippen LogP contribution in [0.15, 0.2) is 66.7 Å². The van der Waals surface area contributed by atoms with Gasteiger partial charge in [0.15, 0.2) is 0 Å². The summed E-state index contributed by atoms with van der Waals surface area (Å²) in [6, 6.07) is 17.1. The van der Waals surface area contributed by atoms with Crippen LogP contribution in [0.3, 0.4) is 0 Å². The second-order valence-corrected chi connectivity index (χ2v) is 5.95. The average molecular weight is 357 g/mol. The van der Waals surface area contributed by atoms with Gasteiger partial charge in [0.2, 0.25) is 0 Å². The van der Waals surface area contributed by atoms with Crippen LogP contribution in [0.2, 0.25) is 0 Å². The van der Waals surface area contributed by atoms with Gasteiger partial charge < -0.3 is 25.1 Å². The molecule has 26 heavy (non-hydrogen) atoms. The first-order valence-electron chi connectivity index (χ1n) is 8.61. The molecule has 0 aliphatic carbocycles. The van der Waals surface area contributed by atoms with Gasteiger partial charge in [-0.2, -0.15) is 0 Å². The number of ether oxygens (including phenoxy) is 3. The van der Waals surface area contributed by atoms with E-state index in [4.69, 9.17) is 19.9 Å². The molecule has 0 aliphatic rings. The van der Waals surface area contributed by atoms with Crippen molar-refractivity contribution in [3.8, 4) is 5.75 Å². The van der Waals surface area contributed by atoms with Crippen molar-refractivity contribution in [1.82, 2.24) is 0 Å². The number of aliphatic hydroxyl groups excluding tert-OH is 1. The van der Waals surface area contributed by atoms with Gasteiger partial charge in [0.1, 0.15) is 5.75 Å². The first-order valence-corrected chi connectivity index (χ1v) is 8.61. The molecule has 0 saturated carbocycles. The molecule has 2 aromatic rings. The Morgan fingerprint density at radius 3 is 2.31 bits per heavy atom. The Kier molecular flexibility index (Phi) is 8.86. The summed E-state index contributed by atoms with van der Waals surface area (Å²) in [5.74, 6) is 0.820. The number of rotatable bonds is 11. The summed E-state index contributed by atoms with van der Waals surface area (Å²) in [6.45, 7) is 1.67. The van der Waals surface area contributed by atoms with Crippen LogP contribution in [0, 0.1) is 0 Å². The van der Waals surface area contributed by atoms with E-state index in [-0.39, 0.29) is 6.61 Å². The van der Waals surface area contributed by atoms with Gasteiger partial charge in [-0.1, -0.05) is 54.6 Å². The number of methoxy groups -OCH3 is 1. The Bertz CT molecular complexity index is 643. The summed E-state index contributed by atoms with van der Waals surface area (Å²) in [5.41, 5.74) is 8.08. The van der Waals surface area contributed by atoms with E-state index in [0.29, 0.717) is 19.8 Å². The van der Waals surface area contributed by atoms with Crippen LogP contribution in [0.25, 0.3) is 0 Å². The minimum absolute atomic E-state index is 0.285. The molecule has 0 bridgehead atoms. The third kappa shape index (κ3) is 7.37. The fraction of sp³-hybridized carbons (Fsp3) is 0.333. The zero-order valence-electron chi connectivity index (χ0n) is 15.1. The lowest BCUT2D eigenvalue weighted by atomic mass is 10.1. The maximum absolute atomic E-state index is 10.0. The maximum atomic E-state index is 10.0. The summed E-state index contributed by atoms with van der Waals surface area (Å²) < 4.78 is 16.2. The average Bonchev–Trinajstić information content (AvgIpc) is 2.68. The number of nitrogens with two attached hydrogens (primary N) is 1. The van der Waals surface area contributed by atoms with Gasteiger partial charge in [0.25, 0.3) is 0 Å². The van der Waals surface area contributed by atoms with Crippen LogP contribution in [0.4, 0.5) is 0 Å².